The number of carbonyl (C=O) groups excluding carboxylic acids is 1. The molecule has 0 atom stereocenters. The first-order valence-electron chi connectivity index (χ1n) is 6.42. The van der Waals surface area contributed by atoms with E-state index in [1.807, 2.05) is 51.0 Å². The molecule has 5 nitrogen and oxygen atoms in total. The summed E-state index contributed by atoms with van der Waals surface area (Å²) in [6.45, 7) is 4.89. The third-order valence-corrected chi connectivity index (χ3v) is 3.30. The number of fused-ring (bicyclic) bond motifs is 1. The van der Waals surface area contributed by atoms with E-state index in [1.165, 1.54) is 0 Å². The lowest BCUT2D eigenvalue weighted by Gasteiger charge is -2.41. The lowest BCUT2D eigenvalue weighted by Crippen LogP contribution is -2.56. The molecule has 1 amide bonds. The summed E-state index contributed by atoms with van der Waals surface area (Å²) in [4.78, 5) is 14.1. The molecule has 0 fully saturated rings. The molecule has 5 heteroatoms. The molecule has 19 heavy (non-hydrogen) atoms. The van der Waals surface area contributed by atoms with E-state index in [0.29, 0.717) is 6.54 Å². The minimum absolute atomic E-state index is 0.0130. The van der Waals surface area contributed by atoms with Crippen LogP contribution in [0.5, 0.6) is 5.75 Å². The Bertz CT molecular complexity index is 486. The molecule has 0 saturated carbocycles. The van der Waals surface area contributed by atoms with Gasteiger partial charge in [0.05, 0.1) is 11.2 Å². The van der Waals surface area contributed by atoms with E-state index >= 15 is 0 Å². The van der Waals surface area contributed by atoms with Crippen molar-refractivity contribution in [1.82, 2.24) is 5.32 Å². The molecule has 0 spiro atoms. The number of nitrogens with zero attached hydrogens (tertiary/aromatic N) is 1. The largest absolute Gasteiger partial charge is 0.482 e. The lowest BCUT2D eigenvalue weighted by atomic mass is 10.00. The zero-order chi connectivity index (χ0) is 14.0. The van der Waals surface area contributed by atoms with E-state index in [0.717, 1.165) is 17.1 Å². The molecule has 104 valence electrons. The Hall–Kier alpha value is -1.75. The summed E-state index contributed by atoms with van der Waals surface area (Å²) in [5, 5.41) is 6.22. The number of benzene rings is 1. The Labute approximate surface area is 113 Å². The number of amides is 1. The van der Waals surface area contributed by atoms with Crippen LogP contribution >= 0.6 is 0 Å². The molecule has 1 heterocycles. The Morgan fingerprint density at radius 3 is 2.74 bits per heavy atom. The van der Waals surface area contributed by atoms with E-state index in [4.69, 9.17) is 4.74 Å². The van der Waals surface area contributed by atoms with Gasteiger partial charge in [0, 0.05) is 19.3 Å². The van der Waals surface area contributed by atoms with Crippen molar-refractivity contribution in [2.75, 3.05) is 37.5 Å². The fourth-order valence-electron chi connectivity index (χ4n) is 2.48. The van der Waals surface area contributed by atoms with Crippen LogP contribution in [-0.4, -0.2) is 38.7 Å². The molecule has 0 bridgehead atoms. The Morgan fingerprint density at radius 2 is 2.11 bits per heavy atom. The third kappa shape index (κ3) is 2.51. The third-order valence-electron chi connectivity index (χ3n) is 3.30. The van der Waals surface area contributed by atoms with Crippen LogP contribution in [0.25, 0.3) is 0 Å². The maximum Gasteiger partial charge on any atom is 0.265 e. The van der Waals surface area contributed by atoms with Gasteiger partial charge in [0.1, 0.15) is 5.75 Å². The fraction of sp³-hybridized carbons (Fsp3) is 0.500. The highest BCUT2D eigenvalue weighted by atomic mass is 16.5. The number of rotatable bonds is 4. The summed E-state index contributed by atoms with van der Waals surface area (Å²) >= 11 is 0. The van der Waals surface area contributed by atoms with E-state index in [9.17, 15) is 4.79 Å². The molecule has 0 unspecified atom stereocenters. The van der Waals surface area contributed by atoms with Gasteiger partial charge in [-0.05, 0) is 39.1 Å². The van der Waals surface area contributed by atoms with Crippen molar-refractivity contribution in [3.63, 3.8) is 0 Å². The van der Waals surface area contributed by atoms with E-state index in [2.05, 4.69) is 10.6 Å². The highest BCUT2D eigenvalue weighted by Gasteiger charge is 2.36. The van der Waals surface area contributed by atoms with Gasteiger partial charge in [0.2, 0.25) is 0 Å². The van der Waals surface area contributed by atoms with Crippen molar-refractivity contribution in [3.8, 4) is 5.75 Å². The van der Waals surface area contributed by atoms with Crippen molar-refractivity contribution in [3.05, 3.63) is 18.2 Å². The molecule has 0 radical (unpaired) electrons. The van der Waals surface area contributed by atoms with Crippen LogP contribution < -0.4 is 20.3 Å². The second-order valence-electron chi connectivity index (χ2n) is 5.29. The molecule has 1 aromatic carbocycles. The van der Waals surface area contributed by atoms with Crippen molar-refractivity contribution >= 4 is 17.3 Å². The van der Waals surface area contributed by atoms with Gasteiger partial charge in [-0.1, -0.05) is 0 Å². The molecule has 0 aliphatic carbocycles. The molecular weight excluding hydrogens is 242 g/mol. The zero-order valence-corrected chi connectivity index (χ0v) is 11.9. The number of anilines is 2. The van der Waals surface area contributed by atoms with Crippen molar-refractivity contribution in [1.29, 1.82) is 0 Å². The average molecular weight is 263 g/mol. The Morgan fingerprint density at radius 1 is 1.37 bits per heavy atom. The molecule has 2 rings (SSSR count). The smallest absolute Gasteiger partial charge is 0.265 e. The van der Waals surface area contributed by atoms with Gasteiger partial charge < -0.3 is 15.4 Å². The number of hydrogen-bond acceptors (Lipinski definition) is 4. The normalized spacial score (nSPS) is 14.9. The molecule has 0 aromatic heterocycles. The molecule has 1 aliphatic heterocycles. The Balaban J connectivity index is 2.47. The van der Waals surface area contributed by atoms with Gasteiger partial charge in [0.15, 0.2) is 6.61 Å². The van der Waals surface area contributed by atoms with Crippen LogP contribution in [0.4, 0.5) is 11.4 Å². The summed E-state index contributed by atoms with van der Waals surface area (Å²) in [7, 11) is 3.74. The molecule has 0 saturated heterocycles. The number of likely N-dealkylation sites (N-methyl/N-ethyl adjacent to an activating group) is 1. The topological polar surface area (TPSA) is 53.6 Å². The summed E-state index contributed by atoms with van der Waals surface area (Å²) in [6, 6.07) is 5.79. The van der Waals surface area contributed by atoms with E-state index < -0.39 is 0 Å². The van der Waals surface area contributed by atoms with Crippen molar-refractivity contribution < 1.29 is 9.53 Å². The molecular formula is C14H21N3O2. The second-order valence-corrected chi connectivity index (χ2v) is 5.29. The predicted octanol–water partition coefficient (Wildman–Crippen LogP) is 1.45. The first-order chi connectivity index (χ1) is 8.99. The predicted molar refractivity (Wildman–Crippen MR) is 77.0 cm³/mol. The van der Waals surface area contributed by atoms with Crippen LogP contribution in [0.3, 0.4) is 0 Å². The molecule has 1 aliphatic rings. The second kappa shape index (κ2) is 5.09. The van der Waals surface area contributed by atoms with Crippen LogP contribution in [0.15, 0.2) is 18.2 Å². The highest BCUT2D eigenvalue weighted by Crippen LogP contribution is 2.38. The van der Waals surface area contributed by atoms with Crippen molar-refractivity contribution in [2.24, 2.45) is 0 Å². The van der Waals surface area contributed by atoms with Gasteiger partial charge in [-0.2, -0.15) is 0 Å². The quantitative estimate of drug-likeness (QED) is 0.863. The monoisotopic (exact) mass is 263 g/mol. The maximum atomic E-state index is 12.2. The van der Waals surface area contributed by atoms with E-state index in [1.54, 1.807) is 0 Å². The average Bonchev–Trinajstić information content (AvgIpc) is 2.37. The molecule has 1 aromatic rings. The summed E-state index contributed by atoms with van der Waals surface area (Å²) in [5.74, 6) is 0.740. The van der Waals surface area contributed by atoms with Crippen LogP contribution in [-0.2, 0) is 4.79 Å². The van der Waals surface area contributed by atoms with Gasteiger partial charge in [-0.25, -0.2) is 0 Å². The van der Waals surface area contributed by atoms with Crippen LogP contribution in [0, 0.1) is 0 Å². The van der Waals surface area contributed by atoms with Crippen LogP contribution in [0.1, 0.15) is 13.8 Å². The van der Waals surface area contributed by atoms with Gasteiger partial charge >= 0.3 is 0 Å². The lowest BCUT2D eigenvalue weighted by molar-refractivity contribution is -0.122. The summed E-state index contributed by atoms with van der Waals surface area (Å²) < 4.78 is 5.50. The first kappa shape index (κ1) is 13.7. The zero-order valence-electron chi connectivity index (χ0n) is 11.9. The highest BCUT2D eigenvalue weighted by molar-refractivity contribution is 5.99. The standard InChI is InChI=1S/C14H21N3O2/c1-14(2,9-15-3)17-11-7-10(16-4)5-6-12(11)19-8-13(17)18/h5-7,15-16H,8-9H2,1-4H3. The molecule has 2 N–H and O–H groups in total. The fourth-order valence-corrected chi connectivity index (χ4v) is 2.48. The van der Waals surface area contributed by atoms with Gasteiger partial charge in [-0.3, -0.25) is 9.69 Å². The summed E-state index contributed by atoms with van der Waals surface area (Å²) in [6.07, 6.45) is 0. The first-order valence-corrected chi connectivity index (χ1v) is 6.42. The van der Waals surface area contributed by atoms with E-state index in [-0.39, 0.29) is 18.1 Å². The Kier molecular flexibility index (Phi) is 3.66. The van der Waals surface area contributed by atoms with Gasteiger partial charge in [0.25, 0.3) is 5.91 Å². The number of hydrogen-bond donors (Lipinski definition) is 2. The minimum atomic E-state index is -0.309. The maximum absolute atomic E-state index is 12.2. The minimum Gasteiger partial charge on any atom is -0.482 e. The SMILES string of the molecule is CNCC(C)(C)N1C(=O)COc2ccc(NC)cc21. The van der Waals surface area contributed by atoms with Gasteiger partial charge in [-0.15, -0.1) is 0 Å². The number of nitrogens with one attached hydrogen (secondary N) is 2. The summed E-state index contributed by atoms with van der Waals surface area (Å²) in [5.41, 5.74) is 1.47. The van der Waals surface area contributed by atoms with Crippen LogP contribution in [0.2, 0.25) is 0 Å². The van der Waals surface area contributed by atoms with Crippen molar-refractivity contribution in [2.45, 2.75) is 19.4 Å². The number of ether oxygens (including phenoxy) is 1. The number of carbonyl (C=O) groups is 1.